The van der Waals surface area contributed by atoms with Gasteiger partial charge in [-0.25, -0.2) is 9.78 Å². The van der Waals surface area contributed by atoms with Crippen LogP contribution in [0.25, 0.3) is 10.2 Å². The molecule has 5 rings (SSSR count). The Bertz CT molecular complexity index is 1220. The van der Waals surface area contributed by atoms with Gasteiger partial charge in [-0.3, -0.25) is 14.5 Å². The molecule has 0 bridgehead atoms. The summed E-state index contributed by atoms with van der Waals surface area (Å²) in [6.45, 7) is 3.19. The number of nitrogens with one attached hydrogen (secondary N) is 3. The van der Waals surface area contributed by atoms with Gasteiger partial charge in [0.1, 0.15) is 9.71 Å². The van der Waals surface area contributed by atoms with Crippen LogP contribution in [0.4, 0.5) is 21.9 Å². The van der Waals surface area contributed by atoms with Gasteiger partial charge >= 0.3 is 6.03 Å². The Balaban J connectivity index is 1.56. The number of benzene rings is 1. The predicted octanol–water partition coefficient (Wildman–Crippen LogP) is 3.66. The Kier molecular flexibility index (Phi) is 4.91. The normalized spacial score (nSPS) is 18.0. The van der Waals surface area contributed by atoms with Crippen LogP contribution >= 0.6 is 11.3 Å². The molecule has 1 fully saturated rings. The van der Waals surface area contributed by atoms with Gasteiger partial charge in [0, 0.05) is 24.3 Å². The Morgan fingerprint density at radius 2 is 2.16 bits per heavy atom. The van der Waals surface area contributed by atoms with E-state index in [4.69, 9.17) is 0 Å². The maximum Gasteiger partial charge on any atom is 0.331 e. The van der Waals surface area contributed by atoms with E-state index in [9.17, 15) is 14.4 Å². The summed E-state index contributed by atoms with van der Waals surface area (Å²) in [7, 11) is 0. The number of hydrogen-bond acceptors (Lipinski definition) is 6. The summed E-state index contributed by atoms with van der Waals surface area (Å²) >= 11 is 1.27. The number of ketones is 1. The molecule has 3 aromatic rings. The lowest BCUT2D eigenvalue weighted by molar-refractivity contribution is 0.0934. The minimum Gasteiger partial charge on any atom is -0.347 e. The van der Waals surface area contributed by atoms with E-state index in [-0.39, 0.29) is 23.8 Å². The van der Waals surface area contributed by atoms with Gasteiger partial charge in [-0.2, -0.15) is 0 Å². The number of carbonyl (C=O) groups excluding carboxylic acids is 3. The van der Waals surface area contributed by atoms with Gasteiger partial charge in [-0.05, 0) is 44.5 Å². The molecule has 2 aliphatic heterocycles. The molecular weight excluding hydrogens is 414 g/mol. The van der Waals surface area contributed by atoms with Crippen LogP contribution in [0.15, 0.2) is 36.5 Å². The third-order valence-electron chi connectivity index (χ3n) is 5.60. The maximum atomic E-state index is 13.1. The van der Waals surface area contributed by atoms with Gasteiger partial charge in [-0.1, -0.05) is 12.1 Å². The van der Waals surface area contributed by atoms with Gasteiger partial charge in [0.15, 0.2) is 5.78 Å². The molecule has 1 aromatic carbocycles. The second-order valence-electron chi connectivity index (χ2n) is 7.71. The quantitative estimate of drug-likeness (QED) is 0.543. The molecule has 1 atom stereocenters. The number of thiophene rings is 1. The van der Waals surface area contributed by atoms with Crippen molar-refractivity contribution >= 4 is 56.3 Å². The minimum absolute atomic E-state index is 0.0659. The number of urea groups is 1. The average Bonchev–Trinajstić information content (AvgIpc) is 3.14. The first-order valence-electron chi connectivity index (χ1n) is 10.2. The van der Waals surface area contributed by atoms with Crippen molar-refractivity contribution in [2.75, 3.05) is 23.3 Å². The van der Waals surface area contributed by atoms with Crippen LogP contribution in [0, 0.1) is 0 Å². The second-order valence-corrected chi connectivity index (χ2v) is 8.70. The fourth-order valence-corrected chi connectivity index (χ4v) is 5.11. The molecule has 8 nitrogen and oxygen atoms in total. The summed E-state index contributed by atoms with van der Waals surface area (Å²) in [6.07, 6.45) is 3.57. The van der Waals surface area contributed by atoms with Crippen LogP contribution in [0.2, 0.25) is 0 Å². The van der Waals surface area contributed by atoms with Crippen LogP contribution in [0.5, 0.6) is 0 Å². The zero-order valence-corrected chi connectivity index (χ0v) is 17.7. The Morgan fingerprint density at radius 1 is 1.29 bits per heavy atom. The van der Waals surface area contributed by atoms with E-state index in [0.717, 1.165) is 31.3 Å². The van der Waals surface area contributed by atoms with Crippen LogP contribution in [-0.4, -0.2) is 41.8 Å². The number of rotatable bonds is 4. The highest BCUT2D eigenvalue weighted by Crippen LogP contribution is 2.45. The summed E-state index contributed by atoms with van der Waals surface area (Å²) in [6, 6.07) is 8.37. The summed E-state index contributed by atoms with van der Waals surface area (Å²) in [5, 5.41) is 9.97. The number of pyridine rings is 1. The zero-order chi connectivity index (χ0) is 21.5. The summed E-state index contributed by atoms with van der Waals surface area (Å²) in [4.78, 5) is 45.0. The fraction of sp³-hybridized carbons (Fsp3) is 0.273. The number of anilines is 3. The number of amides is 3. The number of Topliss-reactive ketones (excluding diaryl/α,β-unsaturated/α-hetero) is 1. The molecule has 0 radical (unpaired) electrons. The third kappa shape index (κ3) is 3.45. The third-order valence-corrected chi connectivity index (χ3v) is 6.69. The average molecular weight is 436 g/mol. The molecule has 0 saturated carbocycles. The van der Waals surface area contributed by atoms with Gasteiger partial charge in [0.2, 0.25) is 0 Å². The number of hydrogen-bond donors (Lipinski definition) is 3. The monoisotopic (exact) mass is 435 g/mol. The van der Waals surface area contributed by atoms with Gasteiger partial charge in [0.05, 0.1) is 22.4 Å². The van der Waals surface area contributed by atoms with Crippen molar-refractivity contribution in [2.24, 2.45) is 0 Å². The lowest BCUT2D eigenvalue weighted by atomic mass is 10.1. The molecule has 1 unspecified atom stereocenters. The molecule has 1 saturated heterocycles. The molecule has 0 spiro atoms. The van der Waals surface area contributed by atoms with E-state index in [2.05, 4.69) is 20.9 Å². The van der Waals surface area contributed by atoms with Crippen molar-refractivity contribution < 1.29 is 14.4 Å². The second kappa shape index (κ2) is 7.75. The topological polar surface area (TPSA) is 103 Å². The van der Waals surface area contributed by atoms with E-state index in [1.807, 2.05) is 0 Å². The number of piperidine rings is 1. The van der Waals surface area contributed by atoms with E-state index < -0.39 is 0 Å². The van der Waals surface area contributed by atoms with E-state index in [0.29, 0.717) is 32.3 Å². The fourth-order valence-electron chi connectivity index (χ4n) is 4.09. The number of carbonyl (C=O) groups is 3. The molecular formula is C22H21N5O3S. The van der Waals surface area contributed by atoms with E-state index in [1.165, 1.54) is 23.2 Å². The predicted molar refractivity (Wildman–Crippen MR) is 121 cm³/mol. The standard InChI is InChI=1S/C22H21N5O3S/c1-12(28)13-4-2-6-15(10-13)27-16-7-9-24-21-17(16)18(26-22(27)30)19(31-21)20(29)25-14-5-3-8-23-11-14/h2,4,6-7,9-10,14,23H,3,5,8,11H2,1H3,(H,25,29)(H,26,30). The first-order chi connectivity index (χ1) is 15.0. The number of nitrogens with zero attached hydrogens (tertiary/aromatic N) is 2. The largest absolute Gasteiger partial charge is 0.347 e. The first kappa shape index (κ1) is 19.7. The van der Waals surface area contributed by atoms with Crippen molar-refractivity contribution in [3.63, 3.8) is 0 Å². The van der Waals surface area contributed by atoms with Crippen molar-refractivity contribution in [3.8, 4) is 0 Å². The van der Waals surface area contributed by atoms with Gasteiger partial charge < -0.3 is 16.0 Å². The molecule has 3 amide bonds. The summed E-state index contributed by atoms with van der Waals surface area (Å²) in [5.41, 5.74) is 2.23. The molecule has 158 valence electrons. The first-order valence-corrected chi connectivity index (χ1v) is 11.0. The van der Waals surface area contributed by atoms with E-state index in [1.54, 1.807) is 36.5 Å². The molecule has 2 aromatic heterocycles. The van der Waals surface area contributed by atoms with Crippen LogP contribution in [-0.2, 0) is 0 Å². The lowest BCUT2D eigenvalue weighted by Gasteiger charge is -2.29. The molecule has 2 aliphatic rings. The van der Waals surface area contributed by atoms with Gasteiger partial charge in [-0.15, -0.1) is 11.3 Å². The Hall–Kier alpha value is -3.30. The highest BCUT2D eigenvalue weighted by molar-refractivity contribution is 7.21. The molecule has 0 aliphatic carbocycles. The van der Waals surface area contributed by atoms with Gasteiger partial charge in [0.25, 0.3) is 5.91 Å². The van der Waals surface area contributed by atoms with Crippen LogP contribution in [0.1, 0.15) is 39.8 Å². The van der Waals surface area contributed by atoms with Crippen molar-refractivity contribution in [1.29, 1.82) is 0 Å². The minimum atomic E-state index is -0.382. The molecule has 31 heavy (non-hydrogen) atoms. The summed E-state index contributed by atoms with van der Waals surface area (Å²) in [5.74, 6) is -0.281. The Labute approximate surface area is 182 Å². The van der Waals surface area contributed by atoms with Crippen LogP contribution in [0.3, 0.4) is 0 Å². The SMILES string of the molecule is CC(=O)c1cccc(N2C(=O)Nc3c(C(=O)NC4CCCNC4)sc4nccc2c34)c1. The highest BCUT2D eigenvalue weighted by atomic mass is 32.1. The molecule has 9 heteroatoms. The highest BCUT2D eigenvalue weighted by Gasteiger charge is 2.33. The van der Waals surface area contributed by atoms with Crippen LogP contribution < -0.4 is 20.9 Å². The lowest BCUT2D eigenvalue weighted by Crippen LogP contribution is -2.45. The zero-order valence-electron chi connectivity index (χ0n) is 16.9. The molecule has 4 heterocycles. The van der Waals surface area contributed by atoms with Crippen molar-refractivity contribution in [3.05, 3.63) is 47.0 Å². The Morgan fingerprint density at radius 3 is 2.94 bits per heavy atom. The van der Waals surface area contributed by atoms with Crippen molar-refractivity contribution in [1.82, 2.24) is 15.6 Å². The molecule has 3 N–H and O–H groups in total. The van der Waals surface area contributed by atoms with E-state index >= 15 is 0 Å². The van der Waals surface area contributed by atoms with Crippen molar-refractivity contribution in [2.45, 2.75) is 25.8 Å². The number of aromatic nitrogens is 1. The maximum absolute atomic E-state index is 13.1. The smallest absolute Gasteiger partial charge is 0.331 e. The summed E-state index contributed by atoms with van der Waals surface area (Å²) < 4.78 is 0.